The van der Waals surface area contributed by atoms with Crippen LogP contribution in [0.4, 0.5) is 0 Å². The largest absolute Gasteiger partial charge is 0.317 e. The number of hydrogen-bond acceptors (Lipinski definition) is 3. The Balaban J connectivity index is 2.12. The van der Waals surface area contributed by atoms with E-state index in [0.717, 1.165) is 25.1 Å². The van der Waals surface area contributed by atoms with Gasteiger partial charge in [-0.2, -0.15) is 0 Å². The average Bonchev–Trinajstić information content (AvgIpc) is 2.64. The molecule has 14 heavy (non-hydrogen) atoms. The number of aryl methyl sites for hydroxylation is 2. The molecule has 1 N–H and O–H groups in total. The summed E-state index contributed by atoms with van der Waals surface area (Å²) in [6, 6.07) is 0.453. The van der Waals surface area contributed by atoms with Gasteiger partial charge in [-0.25, -0.2) is 9.97 Å². The SMILES string of the molecule is CNC(C)Cc1ncc2c(n1)CCC2. The van der Waals surface area contributed by atoms with E-state index in [-0.39, 0.29) is 0 Å². The highest BCUT2D eigenvalue weighted by Crippen LogP contribution is 2.18. The lowest BCUT2D eigenvalue weighted by atomic mass is 10.2. The maximum absolute atomic E-state index is 4.59. The summed E-state index contributed by atoms with van der Waals surface area (Å²) in [6.45, 7) is 2.15. The summed E-state index contributed by atoms with van der Waals surface area (Å²) in [5.74, 6) is 0.979. The minimum atomic E-state index is 0.453. The summed E-state index contributed by atoms with van der Waals surface area (Å²) in [6.07, 6.45) is 6.47. The number of aromatic nitrogens is 2. The zero-order valence-electron chi connectivity index (χ0n) is 8.88. The summed E-state index contributed by atoms with van der Waals surface area (Å²) in [5, 5.41) is 3.20. The van der Waals surface area contributed by atoms with Crippen LogP contribution in [-0.4, -0.2) is 23.1 Å². The summed E-state index contributed by atoms with van der Waals surface area (Å²) in [5.41, 5.74) is 2.63. The van der Waals surface area contributed by atoms with E-state index in [1.165, 1.54) is 17.7 Å². The Morgan fingerprint density at radius 3 is 3.14 bits per heavy atom. The van der Waals surface area contributed by atoms with Crippen LogP contribution in [0.3, 0.4) is 0 Å². The smallest absolute Gasteiger partial charge is 0.130 e. The normalized spacial score (nSPS) is 16.7. The molecule has 1 aromatic heterocycles. The van der Waals surface area contributed by atoms with Gasteiger partial charge in [0.2, 0.25) is 0 Å². The minimum absolute atomic E-state index is 0.453. The molecular formula is C11H17N3. The lowest BCUT2D eigenvalue weighted by molar-refractivity contribution is 0.589. The van der Waals surface area contributed by atoms with Crippen molar-refractivity contribution in [2.24, 2.45) is 0 Å². The maximum atomic E-state index is 4.59. The lowest BCUT2D eigenvalue weighted by Gasteiger charge is -2.09. The number of nitrogens with zero attached hydrogens (tertiary/aromatic N) is 2. The molecule has 1 aromatic rings. The Morgan fingerprint density at radius 1 is 1.50 bits per heavy atom. The molecule has 76 valence electrons. The van der Waals surface area contributed by atoms with Gasteiger partial charge >= 0.3 is 0 Å². The molecule has 0 aromatic carbocycles. The fourth-order valence-electron chi connectivity index (χ4n) is 1.83. The van der Waals surface area contributed by atoms with Crippen LogP contribution < -0.4 is 5.32 Å². The Hall–Kier alpha value is -0.960. The van der Waals surface area contributed by atoms with E-state index in [1.54, 1.807) is 0 Å². The van der Waals surface area contributed by atoms with Crippen LogP contribution in [0.2, 0.25) is 0 Å². The number of rotatable bonds is 3. The molecule has 0 fully saturated rings. The molecule has 2 rings (SSSR count). The molecule has 1 aliphatic rings. The van der Waals surface area contributed by atoms with Crippen LogP contribution in [0.25, 0.3) is 0 Å². The van der Waals surface area contributed by atoms with Crippen molar-refractivity contribution in [1.82, 2.24) is 15.3 Å². The molecule has 0 saturated carbocycles. The first-order valence-corrected chi connectivity index (χ1v) is 5.30. The average molecular weight is 191 g/mol. The molecule has 0 saturated heterocycles. The Bertz CT molecular complexity index is 322. The third-order valence-corrected chi connectivity index (χ3v) is 2.85. The van der Waals surface area contributed by atoms with Gasteiger partial charge < -0.3 is 5.32 Å². The van der Waals surface area contributed by atoms with Gasteiger partial charge in [-0.3, -0.25) is 0 Å². The molecule has 1 atom stereocenters. The van der Waals surface area contributed by atoms with Crippen LogP contribution in [0.15, 0.2) is 6.20 Å². The third-order valence-electron chi connectivity index (χ3n) is 2.85. The van der Waals surface area contributed by atoms with Gasteiger partial charge in [0.05, 0.1) is 0 Å². The number of nitrogens with one attached hydrogen (secondary N) is 1. The molecule has 1 heterocycles. The molecule has 1 aliphatic carbocycles. The summed E-state index contributed by atoms with van der Waals surface area (Å²) in [4.78, 5) is 8.98. The second kappa shape index (κ2) is 4.05. The van der Waals surface area contributed by atoms with Gasteiger partial charge in [0.1, 0.15) is 5.82 Å². The van der Waals surface area contributed by atoms with Crippen LogP contribution in [0.5, 0.6) is 0 Å². The van der Waals surface area contributed by atoms with Crippen molar-refractivity contribution in [3.8, 4) is 0 Å². The van der Waals surface area contributed by atoms with Crippen molar-refractivity contribution in [3.63, 3.8) is 0 Å². The van der Waals surface area contributed by atoms with Crippen molar-refractivity contribution in [2.45, 2.75) is 38.6 Å². The number of hydrogen-bond donors (Lipinski definition) is 1. The zero-order chi connectivity index (χ0) is 9.97. The van der Waals surface area contributed by atoms with Gasteiger partial charge in [-0.15, -0.1) is 0 Å². The first-order valence-electron chi connectivity index (χ1n) is 5.30. The topological polar surface area (TPSA) is 37.8 Å². The molecule has 0 spiro atoms. The second-order valence-electron chi connectivity index (χ2n) is 4.01. The first kappa shape index (κ1) is 9.59. The van der Waals surface area contributed by atoms with Crippen LogP contribution >= 0.6 is 0 Å². The molecular weight excluding hydrogens is 174 g/mol. The number of fused-ring (bicyclic) bond motifs is 1. The molecule has 3 heteroatoms. The van der Waals surface area contributed by atoms with Crippen LogP contribution in [-0.2, 0) is 19.3 Å². The monoisotopic (exact) mass is 191 g/mol. The van der Waals surface area contributed by atoms with Crippen molar-refractivity contribution < 1.29 is 0 Å². The van der Waals surface area contributed by atoms with E-state index in [9.17, 15) is 0 Å². The molecule has 3 nitrogen and oxygen atoms in total. The summed E-state index contributed by atoms with van der Waals surface area (Å²) in [7, 11) is 1.97. The van der Waals surface area contributed by atoms with Gasteiger partial charge in [0.25, 0.3) is 0 Å². The Labute approximate surface area is 85.0 Å². The predicted octanol–water partition coefficient (Wildman–Crippen LogP) is 1.12. The van der Waals surface area contributed by atoms with E-state index in [4.69, 9.17) is 0 Å². The molecule has 0 radical (unpaired) electrons. The highest BCUT2D eigenvalue weighted by Gasteiger charge is 2.13. The van der Waals surface area contributed by atoms with Crippen molar-refractivity contribution in [3.05, 3.63) is 23.3 Å². The molecule has 0 bridgehead atoms. The molecule has 1 unspecified atom stereocenters. The number of likely N-dealkylation sites (N-methyl/N-ethyl adjacent to an activating group) is 1. The van der Waals surface area contributed by atoms with Crippen LogP contribution in [0.1, 0.15) is 30.4 Å². The van der Waals surface area contributed by atoms with E-state index >= 15 is 0 Å². The highest BCUT2D eigenvalue weighted by atomic mass is 14.9. The quantitative estimate of drug-likeness (QED) is 0.778. The molecule has 0 amide bonds. The fraction of sp³-hybridized carbons (Fsp3) is 0.636. The fourth-order valence-corrected chi connectivity index (χ4v) is 1.83. The van der Waals surface area contributed by atoms with Gasteiger partial charge in [-0.1, -0.05) is 0 Å². The second-order valence-corrected chi connectivity index (χ2v) is 4.01. The Kier molecular flexibility index (Phi) is 2.77. The van der Waals surface area contributed by atoms with E-state index in [1.807, 2.05) is 13.2 Å². The van der Waals surface area contributed by atoms with Gasteiger partial charge in [0, 0.05) is 24.4 Å². The van der Waals surface area contributed by atoms with Crippen LogP contribution in [0, 0.1) is 0 Å². The standard InChI is InChI=1S/C11H17N3/c1-8(12-2)6-11-13-7-9-4-3-5-10(9)14-11/h7-8,12H,3-6H2,1-2H3. The highest BCUT2D eigenvalue weighted by molar-refractivity contribution is 5.22. The minimum Gasteiger partial charge on any atom is -0.317 e. The van der Waals surface area contributed by atoms with Gasteiger partial charge in [0.15, 0.2) is 0 Å². The third kappa shape index (κ3) is 1.93. The van der Waals surface area contributed by atoms with E-state index in [0.29, 0.717) is 6.04 Å². The van der Waals surface area contributed by atoms with Crippen molar-refractivity contribution in [2.75, 3.05) is 7.05 Å². The summed E-state index contributed by atoms with van der Waals surface area (Å²) < 4.78 is 0. The Morgan fingerprint density at radius 2 is 2.36 bits per heavy atom. The molecule has 0 aliphatic heterocycles. The first-order chi connectivity index (χ1) is 6.79. The van der Waals surface area contributed by atoms with E-state index < -0.39 is 0 Å². The maximum Gasteiger partial charge on any atom is 0.130 e. The van der Waals surface area contributed by atoms with E-state index in [2.05, 4.69) is 22.2 Å². The van der Waals surface area contributed by atoms with Crippen molar-refractivity contribution >= 4 is 0 Å². The lowest BCUT2D eigenvalue weighted by Crippen LogP contribution is -2.24. The predicted molar refractivity (Wildman–Crippen MR) is 56.3 cm³/mol. The van der Waals surface area contributed by atoms with Gasteiger partial charge in [-0.05, 0) is 38.8 Å². The van der Waals surface area contributed by atoms with Crippen molar-refractivity contribution in [1.29, 1.82) is 0 Å². The zero-order valence-corrected chi connectivity index (χ0v) is 8.88. The summed E-state index contributed by atoms with van der Waals surface area (Å²) >= 11 is 0.